The molecule has 1 fully saturated rings. The van der Waals surface area contributed by atoms with Crippen molar-refractivity contribution in [1.29, 1.82) is 0 Å². The summed E-state index contributed by atoms with van der Waals surface area (Å²) in [6.45, 7) is 0.641. The van der Waals surface area contributed by atoms with Gasteiger partial charge in [-0.1, -0.05) is 30.2 Å². The topological polar surface area (TPSA) is 47.6 Å². The van der Waals surface area contributed by atoms with Crippen LogP contribution in [-0.2, 0) is 10.2 Å². The van der Waals surface area contributed by atoms with Gasteiger partial charge in [-0.15, -0.1) is 0 Å². The van der Waals surface area contributed by atoms with Crippen LogP contribution >= 0.6 is 11.6 Å². The summed E-state index contributed by atoms with van der Waals surface area (Å²) < 4.78 is 5.21. The molecule has 1 aromatic carbocycles. The molecule has 0 unspecified atom stereocenters. The molecule has 4 heteroatoms. The van der Waals surface area contributed by atoms with Crippen LogP contribution in [0.4, 0.5) is 0 Å². The minimum Gasteiger partial charge on any atom is -0.463 e. The predicted octanol–water partition coefficient (Wildman–Crippen LogP) is 3.26. The number of ether oxygens (including phenoxy) is 1. The Balaban J connectivity index is 1.68. The highest BCUT2D eigenvalue weighted by atomic mass is 35.5. The van der Waals surface area contributed by atoms with Crippen molar-refractivity contribution < 1.29 is 4.74 Å². The first-order valence-electron chi connectivity index (χ1n) is 6.90. The first kappa shape index (κ1) is 12.8. The lowest BCUT2D eigenvalue weighted by Gasteiger charge is -2.43. The number of hydrogen-bond acceptors (Lipinski definition) is 3. The second kappa shape index (κ2) is 5.04. The SMILES string of the molecule is NC1=N[C@@H](CCC2(c3ccc(Cl)cc3)CCC2)CO1. The zero-order valence-electron chi connectivity index (χ0n) is 10.9. The zero-order valence-corrected chi connectivity index (χ0v) is 11.7. The third-order valence-electron chi connectivity index (χ3n) is 4.46. The lowest BCUT2D eigenvalue weighted by atomic mass is 9.62. The Morgan fingerprint density at radius 2 is 2.05 bits per heavy atom. The third kappa shape index (κ3) is 2.57. The molecule has 2 N–H and O–H groups in total. The van der Waals surface area contributed by atoms with E-state index < -0.39 is 0 Å². The summed E-state index contributed by atoms with van der Waals surface area (Å²) >= 11 is 5.97. The highest BCUT2D eigenvalue weighted by Gasteiger charge is 2.38. The van der Waals surface area contributed by atoms with Gasteiger partial charge in [0.15, 0.2) is 0 Å². The number of amidine groups is 1. The first-order valence-corrected chi connectivity index (χ1v) is 7.28. The second-order valence-corrected chi connectivity index (χ2v) is 6.05. The van der Waals surface area contributed by atoms with Crippen LogP contribution in [0.3, 0.4) is 0 Å². The molecule has 1 saturated carbocycles. The fourth-order valence-corrected chi connectivity index (χ4v) is 3.24. The van der Waals surface area contributed by atoms with Crippen LogP contribution in [0.25, 0.3) is 0 Å². The normalized spacial score (nSPS) is 24.5. The molecule has 0 spiro atoms. The molecule has 1 heterocycles. The van der Waals surface area contributed by atoms with E-state index in [9.17, 15) is 0 Å². The molecule has 0 amide bonds. The Hall–Kier alpha value is -1.22. The minimum absolute atomic E-state index is 0.241. The monoisotopic (exact) mass is 278 g/mol. The van der Waals surface area contributed by atoms with Gasteiger partial charge in [-0.3, -0.25) is 0 Å². The summed E-state index contributed by atoms with van der Waals surface area (Å²) in [6.07, 6.45) is 6.04. The van der Waals surface area contributed by atoms with Crippen LogP contribution in [0.15, 0.2) is 29.3 Å². The molecular formula is C15H19ClN2O. The highest BCUT2D eigenvalue weighted by molar-refractivity contribution is 6.30. The molecular weight excluding hydrogens is 260 g/mol. The van der Waals surface area contributed by atoms with Crippen LogP contribution in [0, 0.1) is 0 Å². The van der Waals surface area contributed by atoms with Gasteiger partial charge in [-0.05, 0) is 48.8 Å². The van der Waals surface area contributed by atoms with Crippen LogP contribution in [-0.4, -0.2) is 18.7 Å². The summed E-state index contributed by atoms with van der Waals surface area (Å²) in [5.74, 6) is 0. The van der Waals surface area contributed by atoms with E-state index in [1.165, 1.54) is 24.8 Å². The van der Waals surface area contributed by atoms with Crippen molar-refractivity contribution in [2.24, 2.45) is 10.7 Å². The zero-order chi connectivity index (χ0) is 13.3. The number of rotatable bonds is 4. The Labute approximate surface area is 118 Å². The van der Waals surface area contributed by atoms with Crippen molar-refractivity contribution in [3.63, 3.8) is 0 Å². The van der Waals surface area contributed by atoms with E-state index in [1.54, 1.807) is 0 Å². The van der Waals surface area contributed by atoms with Crippen molar-refractivity contribution in [3.8, 4) is 0 Å². The molecule has 1 aromatic rings. The number of halogens is 1. The number of benzene rings is 1. The average Bonchev–Trinajstić information content (AvgIpc) is 2.76. The van der Waals surface area contributed by atoms with Gasteiger partial charge in [-0.25, -0.2) is 4.99 Å². The summed E-state index contributed by atoms with van der Waals surface area (Å²) in [6, 6.07) is 8.91. The second-order valence-electron chi connectivity index (χ2n) is 5.61. The quantitative estimate of drug-likeness (QED) is 0.919. The van der Waals surface area contributed by atoms with E-state index in [0.29, 0.717) is 18.0 Å². The molecule has 0 bridgehead atoms. The van der Waals surface area contributed by atoms with Gasteiger partial charge in [-0.2, -0.15) is 0 Å². The standard InChI is InChI=1S/C15H19ClN2O/c16-12-4-2-11(3-5-12)15(7-1-8-15)9-6-13-10-19-14(17)18-13/h2-5,13H,1,6-10H2,(H2,17,18)/t13-/m0/s1. The van der Waals surface area contributed by atoms with Crippen molar-refractivity contribution in [2.75, 3.05) is 6.61 Å². The molecule has 1 aliphatic carbocycles. The van der Waals surface area contributed by atoms with Gasteiger partial charge in [0.1, 0.15) is 6.61 Å². The molecule has 0 aromatic heterocycles. The first-order chi connectivity index (χ1) is 9.18. The number of aliphatic imine (C=N–C) groups is 1. The lowest BCUT2D eigenvalue weighted by molar-refractivity contribution is 0.208. The van der Waals surface area contributed by atoms with Gasteiger partial charge >= 0.3 is 0 Å². The van der Waals surface area contributed by atoms with E-state index in [4.69, 9.17) is 22.1 Å². The Morgan fingerprint density at radius 1 is 1.32 bits per heavy atom. The maximum atomic E-state index is 5.97. The minimum atomic E-state index is 0.241. The van der Waals surface area contributed by atoms with E-state index in [0.717, 1.165) is 17.9 Å². The molecule has 102 valence electrons. The van der Waals surface area contributed by atoms with Crippen molar-refractivity contribution >= 4 is 17.6 Å². The van der Waals surface area contributed by atoms with Crippen LogP contribution in [0.2, 0.25) is 5.02 Å². The summed E-state index contributed by atoms with van der Waals surface area (Å²) in [4.78, 5) is 4.31. The van der Waals surface area contributed by atoms with Crippen molar-refractivity contribution in [3.05, 3.63) is 34.9 Å². The molecule has 3 nitrogen and oxygen atoms in total. The van der Waals surface area contributed by atoms with Crippen molar-refractivity contribution in [1.82, 2.24) is 0 Å². The number of nitrogens with zero attached hydrogens (tertiary/aromatic N) is 1. The maximum Gasteiger partial charge on any atom is 0.282 e. The van der Waals surface area contributed by atoms with Gasteiger partial charge in [0.05, 0.1) is 6.04 Å². The Morgan fingerprint density at radius 3 is 2.58 bits per heavy atom. The van der Waals surface area contributed by atoms with Crippen LogP contribution in [0.5, 0.6) is 0 Å². The number of nitrogens with two attached hydrogens (primary N) is 1. The smallest absolute Gasteiger partial charge is 0.282 e. The fraction of sp³-hybridized carbons (Fsp3) is 0.533. The lowest BCUT2D eigenvalue weighted by Crippen LogP contribution is -2.35. The maximum absolute atomic E-state index is 5.97. The third-order valence-corrected chi connectivity index (χ3v) is 4.71. The molecule has 1 aliphatic heterocycles. The summed E-state index contributed by atoms with van der Waals surface area (Å²) in [7, 11) is 0. The largest absolute Gasteiger partial charge is 0.463 e. The highest BCUT2D eigenvalue weighted by Crippen LogP contribution is 2.47. The van der Waals surface area contributed by atoms with Gasteiger partial charge in [0, 0.05) is 5.02 Å². The summed E-state index contributed by atoms with van der Waals surface area (Å²) in [5, 5.41) is 0.805. The van der Waals surface area contributed by atoms with E-state index in [-0.39, 0.29) is 6.04 Å². The van der Waals surface area contributed by atoms with Gasteiger partial charge in [0.25, 0.3) is 6.02 Å². The Bertz CT molecular complexity index is 479. The summed E-state index contributed by atoms with van der Waals surface area (Å²) in [5.41, 5.74) is 7.30. The van der Waals surface area contributed by atoms with E-state index in [1.807, 2.05) is 12.1 Å². The van der Waals surface area contributed by atoms with Crippen LogP contribution in [0.1, 0.15) is 37.7 Å². The van der Waals surface area contributed by atoms with Gasteiger partial charge in [0.2, 0.25) is 0 Å². The van der Waals surface area contributed by atoms with Gasteiger partial charge < -0.3 is 10.5 Å². The van der Waals surface area contributed by atoms with E-state index >= 15 is 0 Å². The Kier molecular flexibility index (Phi) is 3.40. The molecule has 1 atom stereocenters. The van der Waals surface area contributed by atoms with E-state index in [2.05, 4.69) is 17.1 Å². The number of hydrogen-bond donors (Lipinski definition) is 1. The fourth-order valence-electron chi connectivity index (χ4n) is 3.12. The predicted molar refractivity (Wildman–Crippen MR) is 77.6 cm³/mol. The average molecular weight is 279 g/mol. The molecule has 0 radical (unpaired) electrons. The molecule has 19 heavy (non-hydrogen) atoms. The van der Waals surface area contributed by atoms with Crippen LogP contribution < -0.4 is 5.73 Å². The molecule has 3 rings (SSSR count). The molecule has 2 aliphatic rings. The van der Waals surface area contributed by atoms with Crippen molar-refractivity contribution in [2.45, 2.75) is 43.6 Å². The molecule has 0 saturated heterocycles.